The van der Waals surface area contributed by atoms with Crippen LogP contribution in [-0.4, -0.2) is 16.1 Å². The summed E-state index contributed by atoms with van der Waals surface area (Å²) in [5, 5.41) is 11.5. The van der Waals surface area contributed by atoms with Crippen LogP contribution in [0.5, 0.6) is 0 Å². The maximum atomic E-state index is 10.5. The molecule has 82 valence electrons. The molecule has 16 heavy (non-hydrogen) atoms. The first-order chi connectivity index (χ1) is 7.75. The Morgan fingerprint density at radius 2 is 2.12 bits per heavy atom. The number of nitrogens with one attached hydrogen (secondary N) is 1. The minimum absolute atomic E-state index is 0.101. The molecule has 0 unspecified atom stereocenters. The molecule has 2 aromatic rings. The van der Waals surface area contributed by atoms with Crippen molar-refractivity contribution in [3.05, 3.63) is 47.9 Å². The average Bonchev–Trinajstić information content (AvgIpc) is 2.76. The number of carboxylic acid groups (broad SMARTS) is 1. The summed E-state index contributed by atoms with van der Waals surface area (Å²) in [5.41, 5.74) is 0.966. The van der Waals surface area contributed by atoms with Gasteiger partial charge in [-0.15, -0.1) is 0 Å². The molecule has 5 heteroatoms. The molecule has 1 aromatic heterocycles. The molecule has 0 aliphatic rings. The van der Waals surface area contributed by atoms with Crippen LogP contribution < -0.4 is 5.32 Å². The zero-order valence-corrected chi connectivity index (χ0v) is 8.38. The highest BCUT2D eigenvalue weighted by Crippen LogP contribution is 2.09. The molecule has 0 aliphatic heterocycles. The largest absolute Gasteiger partial charge is 0.476 e. The molecule has 0 amide bonds. The topological polar surface area (TPSA) is 75.4 Å². The second kappa shape index (κ2) is 4.48. The summed E-state index contributed by atoms with van der Waals surface area (Å²) in [7, 11) is 0. The summed E-state index contributed by atoms with van der Waals surface area (Å²) in [4.78, 5) is 14.3. The maximum Gasteiger partial charge on any atom is 0.357 e. The van der Waals surface area contributed by atoms with Crippen molar-refractivity contribution >= 4 is 12.0 Å². The fourth-order valence-corrected chi connectivity index (χ4v) is 1.23. The van der Waals surface area contributed by atoms with Gasteiger partial charge in [-0.25, -0.2) is 4.79 Å². The van der Waals surface area contributed by atoms with E-state index in [2.05, 4.69) is 10.3 Å². The minimum Gasteiger partial charge on any atom is -0.476 e. The van der Waals surface area contributed by atoms with Gasteiger partial charge in [-0.2, -0.15) is 4.98 Å². The molecule has 0 saturated carbocycles. The first-order valence-corrected chi connectivity index (χ1v) is 4.72. The van der Waals surface area contributed by atoms with Gasteiger partial charge in [-0.1, -0.05) is 30.3 Å². The van der Waals surface area contributed by atoms with E-state index < -0.39 is 5.97 Å². The summed E-state index contributed by atoms with van der Waals surface area (Å²) in [6, 6.07) is 9.89. The van der Waals surface area contributed by atoms with Crippen LogP contribution >= 0.6 is 0 Å². The zero-order chi connectivity index (χ0) is 11.4. The van der Waals surface area contributed by atoms with Gasteiger partial charge in [-0.05, 0) is 5.56 Å². The molecule has 0 saturated heterocycles. The highest BCUT2D eigenvalue weighted by atomic mass is 16.4. The van der Waals surface area contributed by atoms with E-state index in [0.29, 0.717) is 6.54 Å². The molecular formula is C11H10N2O3. The highest BCUT2D eigenvalue weighted by molar-refractivity contribution is 5.85. The Morgan fingerprint density at radius 1 is 1.38 bits per heavy atom. The lowest BCUT2D eigenvalue weighted by molar-refractivity contribution is 0.0690. The van der Waals surface area contributed by atoms with Crippen LogP contribution in [0.2, 0.25) is 0 Å². The molecule has 5 nitrogen and oxygen atoms in total. The lowest BCUT2D eigenvalue weighted by atomic mass is 10.2. The van der Waals surface area contributed by atoms with Crippen molar-refractivity contribution in [3.8, 4) is 0 Å². The Balaban J connectivity index is 1.97. The van der Waals surface area contributed by atoms with E-state index >= 15 is 0 Å². The van der Waals surface area contributed by atoms with E-state index in [0.717, 1.165) is 11.8 Å². The van der Waals surface area contributed by atoms with Gasteiger partial charge in [-0.3, -0.25) is 0 Å². The number of aromatic carboxylic acids is 1. The van der Waals surface area contributed by atoms with Crippen molar-refractivity contribution in [1.82, 2.24) is 4.98 Å². The van der Waals surface area contributed by atoms with Gasteiger partial charge in [0.15, 0.2) is 5.69 Å². The maximum absolute atomic E-state index is 10.5. The predicted molar refractivity (Wildman–Crippen MR) is 57.2 cm³/mol. The zero-order valence-electron chi connectivity index (χ0n) is 8.38. The van der Waals surface area contributed by atoms with E-state index in [1.54, 1.807) is 0 Å². The smallest absolute Gasteiger partial charge is 0.357 e. The van der Waals surface area contributed by atoms with Crippen LogP contribution in [0, 0.1) is 0 Å². The van der Waals surface area contributed by atoms with Crippen molar-refractivity contribution in [2.24, 2.45) is 0 Å². The molecule has 1 aromatic carbocycles. The van der Waals surface area contributed by atoms with Crippen molar-refractivity contribution < 1.29 is 14.3 Å². The normalized spacial score (nSPS) is 10.0. The average molecular weight is 218 g/mol. The van der Waals surface area contributed by atoms with Crippen LogP contribution in [0.15, 0.2) is 41.0 Å². The number of oxazole rings is 1. The van der Waals surface area contributed by atoms with E-state index in [1.807, 2.05) is 30.3 Å². The van der Waals surface area contributed by atoms with Gasteiger partial charge in [0.1, 0.15) is 6.26 Å². The first-order valence-electron chi connectivity index (χ1n) is 4.72. The second-order valence-electron chi connectivity index (χ2n) is 3.18. The fourth-order valence-electron chi connectivity index (χ4n) is 1.23. The Hall–Kier alpha value is -2.30. The third kappa shape index (κ3) is 2.38. The lowest BCUT2D eigenvalue weighted by Gasteiger charge is -2.00. The predicted octanol–water partition coefficient (Wildman–Crippen LogP) is 1.98. The van der Waals surface area contributed by atoms with Crippen molar-refractivity contribution in [3.63, 3.8) is 0 Å². The summed E-state index contributed by atoms with van der Waals surface area (Å²) < 4.78 is 4.94. The molecular weight excluding hydrogens is 208 g/mol. The van der Waals surface area contributed by atoms with E-state index in [1.165, 1.54) is 0 Å². The summed E-state index contributed by atoms with van der Waals surface area (Å²) >= 11 is 0. The lowest BCUT2D eigenvalue weighted by Crippen LogP contribution is -2.01. The van der Waals surface area contributed by atoms with Crippen LogP contribution in [0.1, 0.15) is 16.1 Å². The minimum atomic E-state index is -1.10. The number of rotatable bonds is 4. The molecule has 1 heterocycles. The molecule has 2 rings (SSSR count). The second-order valence-corrected chi connectivity index (χ2v) is 3.18. The molecule has 0 bridgehead atoms. The summed E-state index contributed by atoms with van der Waals surface area (Å²) in [6.07, 6.45) is 1.11. The molecule has 0 radical (unpaired) electrons. The molecule has 0 spiro atoms. The third-order valence-corrected chi connectivity index (χ3v) is 2.01. The van der Waals surface area contributed by atoms with E-state index in [-0.39, 0.29) is 11.7 Å². The molecule has 0 fully saturated rings. The monoisotopic (exact) mass is 218 g/mol. The van der Waals surface area contributed by atoms with Gasteiger partial charge >= 0.3 is 5.97 Å². The standard InChI is InChI=1S/C11H10N2O3/c14-10(15)9-7-16-11(13-9)12-6-8-4-2-1-3-5-8/h1-5,7H,6H2,(H,12,13)(H,14,15). The summed E-state index contributed by atoms with van der Waals surface area (Å²) in [6.45, 7) is 0.542. The van der Waals surface area contributed by atoms with Gasteiger partial charge in [0.05, 0.1) is 0 Å². The number of aromatic nitrogens is 1. The van der Waals surface area contributed by atoms with Crippen LogP contribution in [0.25, 0.3) is 0 Å². The number of anilines is 1. The third-order valence-electron chi connectivity index (χ3n) is 2.01. The van der Waals surface area contributed by atoms with Crippen molar-refractivity contribution in [2.45, 2.75) is 6.54 Å². The number of benzene rings is 1. The van der Waals surface area contributed by atoms with Crippen LogP contribution in [0.3, 0.4) is 0 Å². The number of carbonyl (C=O) groups is 1. The van der Waals surface area contributed by atoms with E-state index in [9.17, 15) is 4.79 Å². The molecule has 0 aliphatic carbocycles. The van der Waals surface area contributed by atoms with Gasteiger partial charge in [0.25, 0.3) is 6.01 Å². The SMILES string of the molecule is O=C(O)c1coc(NCc2ccccc2)n1. The Labute approximate surface area is 91.7 Å². The number of hydrogen-bond acceptors (Lipinski definition) is 4. The van der Waals surface area contributed by atoms with Crippen molar-refractivity contribution in [2.75, 3.05) is 5.32 Å². The number of carboxylic acids is 1. The highest BCUT2D eigenvalue weighted by Gasteiger charge is 2.09. The van der Waals surface area contributed by atoms with E-state index in [4.69, 9.17) is 9.52 Å². The van der Waals surface area contributed by atoms with Crippen LogP contribution in [-0.2, 0) is 6.54 Å². The quantitative estimate of drug-likeness (QED) is 0.820. The van der Waals surface area contributed by atoms with Crippen molar-refractivity contribution in [1.29, 1.82) is 0 Å². The molecule has 2 N–H and O–H groups in total. The Bertz CT molecular complexity index is 479. The van der Waals surface area contributed by atoms with Gasteiger partial charge in [0.2, 0.25) is 0 Å². The number of nitrogens with zero attached hydrogens (tertiary/aromatic N) is 1. The Kier molecular flexibility index (Phi) is 2.86. The van der Waals surface area contributed by atoms with Gasteiger partial charge in [0, 0.05) is 6.54 Å². The fraction of sp³-hybridized carbons (Fsp3) is 0.0909. The number of hydrogen-bond donors (Lipinski definition) is 2. The first kappa shape index (κ1) is 10.2. The Morgan fingerprint density at radius 3 is 2.75 bits per heavy atom. The molecule has 0 atom stereocenters. The van der Waals surface area contributed by atoms with Crippen LogP contribution in [0.4, 0.5) is 6.01 Å². The summed E-state index contributed by atoms with van der Waals surface area (Å²) in [5.74, 6) is -1.10. The van der Waals surface area contributed by atoms with Gasteiger partial charge < -0.3 is 14.8 Å².